The Bertz CT molecular complexity index is 348. The minimum Gasteiger partial charge on any atom is -0.311 e. The summed E-state index contributed by atoms with van der Waals surface area (Å²) in [5, 5.41) is 4.86. The van der Waals surface area contributed by atoms with Gasteiger partial charge in [0.05, 0.1) is 10.7 Å². The molecule has 1 aliphatic rings. The van der Waals surface area contributed by atoms with Gasteiger partial charge in [0.1, 0.15) is 0 Å². The summed E-state index contributed by atoms with van der Waals surface area (Å²) in [6, 6.07) is 0.600. The Hall–Kier alpha value is -0.450. The van der Waals surface area contributed by atoms with Gasteiger partial charge in [-0.25, -0.2) is 4.98 Å². The van der Waals surface area contributed by atoms with Crippen molar-refractivity contribution in [2.75, 3.05) is 26.7 Å². The zero-order chi connectivity index (χ0) is 11.5. The lowest BCUT2D eigenvalue weighted by Gasteiger charge is -2.30. The van der Waals surface area contributed by atoms with E-state index in [1.807, 2.05) is 11.3 Å². The van der Waals surface area contributed by atoms with Crippen LogP contribution >= 0.6 is 11.3 Å². The van der Waals surface area contributed by atoms with Crippen LogP contribution in [-0.4, -0.2) is 42.6 Å². The number of hydrogen-bond donors (Lipinski definition) is 1. The number of thiazole rings is 1. The Morgan fingerprint density at radius 1 is 1.56 bits per heavy atom. The van der Waals surface area contributed by atoms with Crippen LogP contribution < -0.4 is 5.32 Å². The fourth-order valence-corrected chi connectivity index (χ4v) is 3.27. The molecule has 1 fully saturated rings. The molecule has 90 valence electrons. The minimum atomic E-state index is 0.600. The number of rotatable bonds is 3. The normalized spacial score (nSPS) is 22.6. The van der Waals surface area contributed by atoms with Crippen molar-refractivity contribution in [3.05, 3.63) is 15.6 Å². The van der Waals surface area contributed by atoms with E-state index in [1.54, 1.807) is 0 Å². The molecule has 0 bridgehead atoms. The quantitative estimate of drug-likeness (QED) is 0.865. The zero-order valence-corrected chi connectivity index (χ0v) is 11.2. The molecular formula is C12H21N3S. The molecule has 4 heteroatoms. The minimum absolute atomic E-state index is 0.600. The second kappa shape index (κ2) is 5.25. The molecule has 16 heavy (non-hydrogen) atoms. The van der Waals surface area contributed by atoms with Crippen LogP contribution in [0.5, 0.6) is 0 Å². The third kappa shape index (κ3) is 2.81. The van der Waals surface area contributed by atoms with E-state index < -0.39 is 0 Å². The molecule has 1 unspecified atom stereocenters. The average molecular weight is 239 g/mol. The molecule has 1 atom stereocenters. The van der Waals surface area contributed by atoms with E-state index in [1.165, 1.54) is 22.1 Å². The SMILES string of the molecule is CCc1nc(C)c(CC2CN(C)CCN2)s1. The lowest BCUT2D eigenvalue weighted by atomic mass is 10.1. The van der Waals surface area contributed by atoms with Gasteiger partial charge in [-0.1, -0.05) is 6.92 Å². The third-order valence-corrected chi connectivity index (χ3v) is 4.45. The second-order valence-corrected chi connectivity index (χ2v) is 5.76. The van der Waals surface area contributed by atoms with E-state index in [0.29, 0.717) is 6.04 Å². The molecule has 2 heterocycles. The van der Waals surface area contributed by atoms with Crippen LogP contribution in [0.25, 0.3) is 0 Å². The molecule has 3 nitrogen and oxygen atoms in total. The first-order valence-corrected chi connectivity index (χ1v) is 6.87. The molecule has 1 N–H and O–H groups in total. The Kier molecular flexibility index (Phi) is 3.95. The molecule has 1 aliphatic heterocycles. The highest BCUT2D eigenvalue weighted by Gasteiger charge is 2.18. The van der Waals surface area contributed by atoms with Gasteiger partial charge in [-0.2, -0.15) is 0 Å². The van der Waals surface area contributed by atoms with Crippen molar-refractivity contribution in [2.45, 2.75) is 32.7 Å². The van der Waals surface area contributed by atoms with Gasteiger partial charge in [0.15, 0.2) is 0 Å². The van der Waals surface area contributed by atoms with Crippen LogP contribution in [0.2, 0.25) is 0 Å². The first-order valence-electron chi connectivity index (χ1n) is 6.06. The van der Waals surface area contributed by atoms with Crippen LogP contribution in [-0.2, 0) is 12.8 Å². The molecule has 1 aromatic rings. The van der Waals surface area contributed by atoms with Gasteiger partial charge in [-0.05, 0) is 20.4 Å². The van der Waals surface area contributed by atoms with Crippen molar-refractivity contribution in [1.29, 1.82) is 0 Å². The van der Waals surface area contributed by atoms with Crippen molar-refractivity contribution >= 4 is 11.3 Å². The fraction of sp³-hybridized carbons (Fsp3) is 0.750. The maximum atomic E-state index is 4.59. The summed E-state index contributed by atoms with van der Waals surface area (Å²) in [4.78, 5) is 8.45. The van der Waals surface area contributed by atoms with Crippen LogP contribution in [0.1, 0.15) is 22.5 Å². The molecule has 0 radical (unpaired) electrons. The monoisotopic (exact) mass is 239 g/mol. The maximum absolute atomic E-state index is 4.59. The highest BCUT2D eigenvalue weighted by Crippen LogP contribution is 2.20. The fourth-order valence-electron chi connectivity index (χ4n) is 2.18. The van der Waals surface area contributed by atoms with Crippen molar-refractivity contribution in [3.8, 4) is 0 Å². The van der Waals surface area contributed by atoms with E-state index in [2.05, 4.69) is 36.1 Å². The molecule has 0 amide bonds. The Morgan fingerprint density at radius 3 is 3.00 bits per heavy atom. The van der Waals surface area contributed by atoms with E-state index in [9.17, 15) is 0 Å². The van der Waals surface area contributed by atoms with Crippen molar-refractivity contribution in [1.82, 2.24) is 15.2 Å². The predicted octanol–water partition coefficient (Wildman–Crippen LogP) is 1.46. The van der Waals surface area contributed by atoms with Crippen molar-refractivity contribution in [2.24, 2.45) is 0 Å². The van der Waals surface area contributed by atoms with E-state index in [4.69, 9.17) is 0 Å². The molecule has 0 aromatic carbocycles. The van der Waals surface area contributed by atoms with E-state index >= 15 is 0 Å². The zero-order valence-electron chi connectivity index (χ0n) is 10.4. The summed E-state index contributed by atoms with van der Waals surface area (Å²) in [5.41, 5.74) is 1.23. The summed E-state index contributed by atoms with van der Waals surface area (Å²) in [5.74, 6) is 0. The number of aromatic nitrogens is 1. The smallest absolute Gasteiger partial charge is 0.0928 e. The van der Waals surface area contributed by atoms with Gasteiger partial charge in [0, 0.05) is 37.0 Å². The number of likely N-dealkylation sites (N-methyl/N-ethyl adjacent to an activating group) is 1. The van der Waals surface area contributed by atoms with E-state index in [0.717, 1.165) is 25.9 Å². The van der Waals surface area contributed by atoms with Gasteiger partial charge >= 0.3 is 0 Å². The maximum Gasteiger partial charge on any atom is 0.0928 e. The highest BCUT2D eigenvalue weighted by molar-refractivity contribution is 7.11. The Labute approximate surface area is 102 Å². The summed E-state index contributed by atoms with van der Waals surface area (Å²) < 4.78 is 0. The average Bonchev–Trinajstić information content (AvgIpc) is 2.60. The van der Waals surface area contributed by atoms with Crippen LogP contribution in [0, 0.1) is 6.92 Å². The van der Waals surface area contributed by atoms with Gasteiger partial charge in [-0.3, -0.25) is 0 Å². The van der Waals surface area contributed by atoms with Gasteiger partial charge in [-0.15, -0.1) is 11.3 Å². The second-order valence-electron chi connectivity index (χ2n) is 4.59. The highest BCUT2D eigenvalue weighted by atomic mass is 32.1. The number of aryl methyl sites for hydroxylation is 2. The van der Waals surface area contributed by atoms with Crippen molar-refractivity contribution < 1.29 is 0 Å². The van der Waals surface area contributed by atoms with Gasteiger partial charge < -0.3 is 10.2 Å². The van der Waals surface area contributed by atoms with Gasteiger partial charge in [0.2, 0.25) is 0 Å². The molecule has 0 saturated carbocycles. The molecule has 2 rings (SSSR count). The first kappa shape index (κ1) is 12.0. The molecule has 1 saturated heterocycles. The largest absolute Gasteiger partial charge is 0.311 e. The topological polar surface area (TPSA) is 28.2 Å². The molecular weight excluding hydrogens is 218 g/mol. The van der Waals surface area contributed by atoms with Gasteiger partial charge in [0.25, 0.3) is 0 Å². The summed E-state index contributed by atoms with van der Waals surface area (Å²) in [6.45, 7) is 7.74. The predicted molar refractivity (Wildman–Crippen MR) is 69.2 cm³/mol. The Morgan fingerprint density at radius 2 is 2.38 bits per heavy atom. The Balaban J connectivity index is 1.99. The van der Waals surface area contributed by atoms with Crippen LogP contribution in [0.3, 0.4) is 0 Å². The number of hydrogen-bond acceptors (Lipinski definition) is 4. The third-order valence-electron chi connectivity index (χ3n) is 3.13. The molecule has 0 spiro atoms. The summed E-state index contributed by atoms with van der Waals surface area (Å²) >= 11 is 1.88. The standard InChI is InChI=1S/C12H21N3S/c1-4-12-14-9(2)11(16-12)7-10-8-15(3)6-5-13-10/h10,13H,4-8H2,1-3H3. The van der Waals surface area contributed by atoms with Crippen LogP contribution in [0.4, 0.5) is 0 Å². The lowest BCUT2D eigenvalue weighted by Crippen LogP contribution is -2.49. The van der Waals surface area contributed by atoms with Crippen molar-refractivity contribution in [3.63, 3.8) is 0 Å². The summed E-state index contributed by atoms with van der Waals surface area (Å²) in [7, 11) is 2.20. The molecule has 0 aliphatic carbocycles. The molecule has 1 aromatic heterocycles. The number of nitrogens with one attached hydrogen (secondary N) is 1. The first-order chi connectivity index (χ1) is 7.69. The van der Waals surface area contributed by atoms with E-state index in [-0.39, 0.29) is 0 Å². The number of piperazine rings is 1. The van der Waals surface area contributed by atoms with Crippen LogP contribution in [0.15, 0.2) is 0 Å². The summed E-state index contributed by atoms with van der Waals surface area (Å²) in [6.07, 6.45) is 2.19. The lowest BCUT2D eigenvalue weighted by molar-refractivity contribution is 0.238. The number of nitrogens with zero attached hydrogens (tertiary/aromatic N) is 2.